The van der Waals surface area contributed by atoms with Crippen molar-refractivity contribution >= 4 is 156 Å². The van der Waals surface area contributed by atoms with Crippen LogP contribution < -0.4 is 154 Å². The summed E-state index contributed by atoms with van der Waals surface area (Å²) in [6.45, 7) is 0. The van der Waals surface area contributed by atoms with Crippen LogP contribution >= 0.6 is 0 Å². The summed E-state index contributed by atoms with van der Waals surface area (Å²) in [5.41, 5.74) is 1.82. The Balaban J connectivity index is 0.00000288. The van der Waals surface area contributed by atoms with Crippen molar-refractivity contribution in [3.05, 3.63) is 127 Å². The molecule has 0 amide bonds. The first-order valence-corrected chi connectivity index (χ1v) is 30.0. The molecule has 0 heterocycles. The number of nitrogens with zero attached hydrogens (tertiary/aromatic N) is 8. The number of fused-ring (bicyclic) bond motifs is 5. The van der Waals surface area contributed by atoms with Gasteiger partial charge >= 0.3 is 148 Å². The number of aromatic hydroxyl groups is 5. The smallest absolute Gasteiger partial charge is 0.744 e. The first-order chi connectivity index (χ1) is 39.2. The average Bonchev–Trinajstić information content (AvgIpc) is 1.15. The molecule has 10 rings (SSSR count). The van der Waals surface area contributed by atoms with E-state index in [1.165, 1.54) is 48.5 Å². The summed E-state index contributed by atoms with van der Waals surface area (Å²) < 4.78 is 184. The number of azo groups is 4. The Hall–Kier alpha value is -4.75. The summed E-state index contributed by atoms with van der Waals surface area (Å²) in [4.78, 5) is -5.05. The van der Waals surface area contributed by atoms with E-state index in [0.29, 0.717) is 6.07 Å². The third-order valence-corrected chi connectivity index (χ3v) is 16.7. The summed E-state index contributed by atoms with van der Waals surface area (Å²) >= 11 is 0. The predicted molar refractivity (Wildman–Crippen MR) is 289 cm³/mol. The summed E-state index contributed by atoms with van der Waals surface area (Å²) in [5, 5.41) is 84.9. The minimum Gasteiger partial charge on any atom is -0.744 e. The Labute approximate surface area is 612 Å². The maximum Gasteiger partial charge on any atom is 1.00 e. The minimum absolute atomic E-state index is 0. The van der Waals surface area contributed by atoms with Gasteiger partial charge in [-0.2, -0.15) is 20.5 Å². The van der Waals surface area contributed by atoms with Crippen LogP contribution in [0.5, 0.6) is 28.7 Å². The van der Waals surface area contributed by atoms with Crippen LogP contribution in [0.1, 0.15) is 0 Å². The third-order valence-electron chi connectivity index (χ3n) is 12.5. The van der Waals surface area contributed by atoms with Crippen molar-refractivity contribution in [1.29, 1.82) is 0 Å². The molecule has 10 aromatic carbocycles. The molecule has 0 bridgehead atoms. The second-order valence-electron chi connectivity index (χ2n) is 17.9. The average molecular weight is 1350 g/mol. The Morgan fingerprint density at radius 2 is 0.573 bits per heavy atom. The molecule has 39 heteroatoms. The fourth-order valence-electron chi connectivity index (χ4n) is 8.66. The molecule has 0 aliphatic carbocycles. The van der Waals surface area contributed by atoms with E-state index in [9.17, 15) is 90.4 Å². The molecule has 89 heavy (non-hydrogen) atoms. The van der Waals surface area contributed by atoms with Gasteiger partial charge in [0.25, 0.3) is 0 Å². The number of hydrogen-bond donors (Lipinski definition) is 6. The van der Waals surface area contributed by atoms with E-state index < -0.39 is 127 Å². The Bertz CT molecular complexity index is 5350. The summed E-state index contributed by atoms with van der Waals surface area (Å²) in [6, 6.07) is 22.8. The molecule has 0 spiro atoms. The van der Waals surface area contributed by atoms with Gasteiger partial charge in [0.05, 0.1) is 47.2 Å². The van der Waals surface area contributed by atoms with Crippen LogP contribution in [-0.2, 0) is 50.6 Å². The van der Waals surface area contributed by atoms with Gasteiger partial charge in [-0.25, -0.2) is 42.1 Å². The second-order valence-corrected chi connectivity index (χ2v) is 24.7. The standard InChI is InChI=1S/C50H33N9O20S5.5Na/c51-27-2-7-33-23(11-27)16-39(81(68,69)70)43(47(33)61)56-52-28-4-8-34-24(12-28)17-40(82(71,72)73)44(48(34)62)57-53-29-5-9-35-25(13-29)18-41(83(74,75)76)45(49(35)63)58-54-30-6-10-36-26(14-30)19-42(84(77,78)79)46(50(36)64)59-55-31-3-1-22-15-32(80(65,66)67)21-38(60)37(22)20-31;;;;;/h1-21,60-64H,51H2,(H,65,66,67)(H,68,69,70)(H,71,72,73)(H,74,75,76)(H,77,78,79);;;;;/q;5*+1/p-5. The van der Waals surface area contributed by atoms with Crippen molar-refractivity contribution < 1.29 is 238 Å². The summed E-state index contributed by atoms with van der Waals surface area (Å²) in [5.74, 6) is -4.11. The van der Waals surface area contributed by atoms with E-state index in [0.717, 1.165) is 72.8 Å². The van der Waals surface area contributed by atoms with Crippen LogP contribution in [0.25, 0.3) is 53.9 Å². The first kappa shape index (κ1) is 75.0. The Kier molecular flexibility index (Phi) is 23.8. The fourth-order valence-corrected chi connectivity index (χ4v) is 11.8. The van der Waals surface area contributed by atoms with Crippen LogP contribution in [0.4, 0.5) is 51.2 Å². The number of nitrogens with two attached hydrogens (primary N) is 1. The van der Waals surface area contributed by atoms with Gasteiger partial charge in [0.15, 0.2) is 23.0 Å². The zero-order chi connectivity index (χ0) is 60.7. The maximum absolute atomic E-state index is 12.7. The number of phenols is 5. The van der Waals surface area contributed by atoms with Crippen LogP contribution in [0.2, 0.25) is 0 Å². The van der Waals surface area contributed by atoms with Crippen molar-refractivity contribution in [2.75, 3.05) is 5.73 Å². The number of nitrogen functional groups attached to an aromatic ring is 1. The van der Waals surface area contributed by atoms with Crippen molar-refractivity contribution in [2.45, 2.75) is 24.5 Å². The monoisotopic (exact) mass is 1350 g/mol. The maximum atomic E-state index is 12.7. The second kappa shape index (κ2) is 28.2. The molecule has 0 unspecified atom stereocenters. The molecule has 10 aromatic rings. The van der Waals surface area contributed by atoms with Crippen LogP contribution in [-0.4, -0.2) is 90.4 Å². The molecule has 0 fully saturated rings. The van der Waals surface area contributed by atoms with Gasteiger partial charge in [-0.15, -0.1) is 20.5 Å². The van der Waals surface area contributed by atoms with Gasteiger partial charge in [-0.3, -0.25) is 0 Å². The molecule has 0 aliphatic rings. The quantitative estimate of drug-likeness (QED) is 0.0272. The van der Waals surface area contributed by atoms with Gasteiger partial charge in [0, 0.05) is 32.6 Å². The Morgan fingerprint density at radius 1 is 0.292 bits per heavy atom. The molecule has 0 radical (unpaired) electrons. The summed E-state index contributed by atoms with van der Waals surface area (Å²) in [6.07, 6.45) is 0. The molecule has 0 saturated heterocycles. The van der Waals surface area contributed by atoms with Crippen molar-refractivity contribution in [3.8, 4) is 28.7 Å². The molecule has 0 aromatic heterocycles. The molecule has 0 atom stereocenters. The van der Waals surface area contributed by atoms with Crippen LogP contribution in [0.3, 0.4) is 0 Å². The predicted octanol–water partition coefficient (Wildman–Crippen LogP) is -5.24. The van der Waals surface area contributed by atoms with E-state index in [2.05, 4.69) is 40.9 Å². The minimum atomic E-state index is -5.54. The largest absolute Gasteiger partial charge is 1.00 e. The number of anilines is 1. The normalized spacial score (nSPS) is 12.4. The number of benzene rings is 10. The van der Waals surface area contributed by atoms with E-state index in [1.807, 2.05) is 0 Å². The molecule has 428 valence electrons. The van der Waals surface area contributed by atoms with Gasteiger partial charge in [0.1, 0.15) is 79.1 Å². The van der Waals surface area contributed by atoms with E-state index in [-0.39, 0.29) is 230 Å². The van der Waals surface area contributed by atoms with Crippen molar-refractivity contribution in [1.82, 2.24) is 0 Å². The molecule has 7 N–H and O–H groups in total. The zero-order valence-electron chi connectivity index (χ0n) is 46.2. The Morgan fingerprint density at radius 3 is 0.876 bits per heavy atom. The van der Waals surface area contributed by atoms with Crippen molar-refractivity contribution in [3.63, 3.8) is 0 Å². The number of rotatable bonds is 13. The SMILES string of the molecule is Nc1ccc2c(O)c(N=Nc3ccc4c(O)c(N=Nc5ccc6c(O)c(N=Nc7ccc8c(O)c(N=Nc9ccc%10cc(S(=O)(=O)[O-])cc(O)c%10c9)c(S(=O)(=O)[O-])cc8c7)c(S(=O)(=O)[O-])cc6c5)c(S(=O)(=O)[O-])cc4c3)c(S(=O)(=O)[O-])cc2c1.[Na+].[Na+].[Na+].[Na+].[Na+]. The van der Waals surface area contributed by atoms with Gasteiger partial charge < -0.3 is 54.0 Å². The molecular weight excluding hydrogens is 1320 g/mol. The summed E-state index contributed by atoms with van der Waals surface area (Å²) in [7, 11) is -26.7. The number of hydrogen-bond acceptors (Lipinski definition) is 29. The van der Waals surface area contributed by atoms with E-state index >= 15 is 0 Å². The van der Waals surface area contributed by atoms with Gasteiger partial charge in [-0.05, 0) is 148 Å². The van der Waals surface area contributed by atoms with Crippen LogP contribution in [0, 0.1) is 0 Å². The van der Waals surface area contributed by atoms with Crippen LogP contribution in [0.15, 0.2) is 193 Å². The fraction of sp³-hybridized carbons (Fsp3) is 0. The van der Waals surface area contributed by atoms with Gasteiger partial charge in [-0.1, -0.05) is 6.07 Å². The zero-order valence-corrected chi connectivity index (χ0v) is 60.3. The number of phenolic OH excluding ortho intramolecular Hbond substituents is 5. The molecular formula is C50H28N9Na5O20S5. The topological polar surface area (TPSA) is 512 Å². The molecule has 29 nitrogen and oxygen atoms in total. The van der Waals surface area contributed by atoms with Gasteiger partial charge in [0.2, 0.25) is 0 Å². The molecule has 0 aliphatic heterocycles. The van der Waals surface area contributed by atoms with Crippen molar-refractivity contribution in [2.24, 2.45) is 40.9 Å². The van der Waals surface area contributed by atoms with E-state index in [1.54, 1.807) is 0 Å². The first-order valence-electron chi connectivity index (χ1n) is 22.9. The van der Waals surface area contributed by atoms with E-state index in [4.69, 9.17) is 5.73 Å². The molecule has 0 saturated carbocycles. The third kappa shape index (κ3) is 15.8.